The molecule has 0 aromatic carbocycles. The third-order valence-electron chi connectivity index (χ3n) is 1.56. The van der Waals surface area contributed by atoms with Crippen LogP contribution in [0.4, 0.5) is 0 Å². The second kappa shape index (κ2) is 3.84. The summed E-state index contributed by atoms with van der Waals surface area (Å²) in [7, 11) is 0. The van der Waals surface area contributed by atoms with Gasteiger partial charge in [0.15, 0.2) is 0 Å². The van der Waals surface area contributed by atoms with Gasteiger partial charge in [-0.25, -0.2) is 0 Å². The molecule has 64 valence electrons. The summed E-state index contributed by atoms with van der Waals surface area (Å²) in [5, 5.41) is 8.68. The molecule has 0 aliphatic rings. The van der Waals surface area contributed by atoms with Crippen molar-refractivity contribution < 1.29 is 9.90 Å². The Morgan fingerprint density at radius 1 is 1.75 bits per heavy atom. The summed E-state index contributed by atoms with van der Waals surface area (Å²) in [4.78, 5) is 14.5. The number of nitrogens with zero attached hydrogens (tertiary/aromatic N) is 1. The summed E-state index contributed by atoms with van der Waals surface area (Å²) in [6.07, 6.45) is 1.62. The monoisotopic (exact) mass is 277 g/mol. The molecule has 1 aromatic rings. The molecule has 12 heavy (non-hydrogen) atoms. The van der Waals surface area contributed by atoms with Crippen LogP contribution in [0.25, 0.3) is 0 Å². The smallest absolute Gasteiger partial charge is 0.312 e. The first kappa shape index (κ1) is 9.44. The van der Waals surface area contributed by atoms with Gasteiger partial charge in [0.2, 0.25) is 0 Å². The molecular formula is C8H8INO2. The quantitative estimate of drug-likeness (QED) is 0.839. The summed E-state index contributed by atoms with van der Waals surface area (Å²) < 4.78 is 1.01. The summed E-state index contributed by atoms with van der Waals surface area (Å²) >= 11 is 2.13. The zero-order valence-electron chi connectivity index (χ0n) is 6.49. The van der Waals surface area contributed by atoms with E-state index in [0.717, 1.165) is 3.57 Å². The zero-order chi connectivity index (χ0) is 9.14. The lowest BCUT2D eigenvalue weighted by atomic mass is 10.1. The van der Waals surface area contributed by atoms with Crippen LogP contribution < -0.4 is 0 Å². The standard InChI is InChI=1S/C8H8INO2/c1-5(8(11)12)7-4-6(9)2-3-10-7/h2-5H,1H3,(H,11,12). The van der Waals surface area contributed by atoms with Crippen LogP contribution in [0.5, 0.6) is 0 Å². The van der Waals surface area contributed by atoms with E-state index in [4.69, 9.17) is 5.11 Å². The molecule has 3 nitrogen and oxygen atoms in total. The highest BCUT2D eigenvalue weighted by Crippen LogP contribution is 2.14. The van der Waals surface area contributed by atoms with Gasteiger partial charge in [0.25, 0.3) is 0 Å². The number of hydrogen-bond donors (Lipinski definition) is 1. The van der Waals surface area contributed by atoms with Crippen LogP contribution >= 0.6 is 22.6 Å². The molecule has 0 amide bonds. The van der Waals surface area contributed by atoms with Crippen molar-refractivity contribution in [3.8, 4) is 0 Å². The van der Waals surface area contributed by atoms with Crippen molar-refractivity contribution >= 4 is 28.6 Å². The number of carbonyl (C=O) groups is 1. The molecule has 0 spiro atoms. The molecule has 1 aromatic heterocycles. The number of carboxylic acid groups (broad SMARTS) is 1. The summed E-state index contributed by atoms with van der Waals surface area (Å²) in [6, 6.07) is 3.61. The van der Waals surface area contributed by atoms with Gasteiger partial charge in [-0.05, 0) is 41.6 Å². The normalized spacial score (nSPS) is 12.5. The van der Waals surface area contributed by atoms with Gasteiger partial charge in [0.1, 0.15) is 0 Å². The predicted octanol–water partition coefficient (Wildman–Crippen LogP) is 1.87. The maximum absolute atomic E-state index is 10.6. The molecule has 0 radical (unpaired) electrons. The van der Waals surface area contributed by atoms with Crippen LogP contribution in [-0.2, 0) is 4.79 Å². The highest BCUT2D eigenvalue weighted by molar-refractivity contribution is 14.1. The Bertz CT molecular complexity index is 301. The van der Waals surface area contributed by atoms with E-state index in [-0.39, 0.29) is 0 Å². The Morgan fingerprint density at radius 2 is 2.42 bits per heavy atom. The molecule has 0 aliphatic carbocycles. The number of hydrogen-bond acceptors (Lipinski definition) is 2. The lowest BCUT2D eigenvalue weighted by Crippen LogP contribution is -2.09. The Labute approximate surface area is 84.0 Å². The number of carboxylic acids is 1. The second-order valence-corrected chi connectivity index (χ2v) is 3.70. The van der Waals surface area contributed by atoms with Crippen LogP contribution in [0.1, 0.15) is 18.5 Å². The predicted molar refractivity (Wildman–Crippen MR) is 53.0 cm³/mol. The maximum Gasteiger partial charge on any atom is 0.312 e. The Hall–Kier alpha value is -0.650. The maximum atomic E-state index is 10.6. The highest BCUT2D eigenvalue weighted by atomic mass is 127. The molecule has 1 N–H and O–H groups in total. The van der Waals surface area contributed by atoms with Crippen LogP contribution in [0.3, 0.4) is 0 Å². The number of pyridine rings is 1. The van der Waals surface area contributed by atoms with Gasteiger partial charge in [-0.1, -0.05) is 0 Å². The van der Waals surface area contributed by atoms with E-state index in [2.05, 4.69) is 27.6 Å². The van der Waals surface area contributed by atoms with E-state index < -0.39 is 11.9 Å². The van der Waals surface area contributed by atoms with Crippen molar-refractivity contribution in [2.24, 2.45) is 0 Å². The number of halogens is 1. The first-order valence-corrected chi connectivity index (χ1v) is 4.53. The van der Waals surface area contributed by atoms with E-state index in [1.54, 1.807) is 19.2 Å². The molecule has 0 fully saturated rings. The van der Waals surface area contributed by atoms with Crippen LogP contribution in [0.15, 0.2) is 18.3 Å². The van der Waals surface area contributed by atoms with E-state index in [0.29, 0.717) is 5.69 Å². The molecule has 0 bridgehead atoms. The molecule has 1 unspecified atom stereocenters. The highest BCUT2D eigenvalue weighted by Gasteiger charge is 2.14. The van der Waals surface area contributed by atoms with Crippen LogP contribution in [0, 0.1) is 3.57 Å². The van der Waals surface area contributed by atoms with E-state index in [1.165, 1.54) is 0 Å². The molecule has 1 heterocycles. The summed E-state index contributed by atoms with van der Waals surface area (Å²) in [6.45, 7) is 1.63. The van der Waals surface area contributed by atoms with Crippen molar-refractivity contribution in [3.63, 3.8) is 0 Å². The van der Waals surface area contributed by atoms with Gasteiger partial charge >= 0.3 is 5.97 Å². The molecule has 0 saturated heterocycles. The minimum Gasteiger partial charge on any atom is -0.481 e. The molecular weight excluding hydrogens is 269 g/mol. The van der Waals surface area contributed by atoms with Crippen LogP contribution in [0.2, 0.25) is 0 Å². The van der Waals surface area contributed by atoms with Gasteiger partial charge in [-0.15, -0.1) is 0 Å². The minimum atomic E-state index is -0.843. The van der Waals surface area contributed by atoms with Crippen molar-refractivity contribution in [3.05, 3.63) is 27.6 Å². The fraction of sp³-hybridized carbons (Fsp3) is 0.250. The second-order valence-electron chi connectivity index (χ2n) is 2.46. The van der Waals surface area contributed by atoms with Gasteiger partial charge < -0.3 is 5.11 Å². The molecule has 1 atom stereocenters. The van der Waals surface area contributed by atoms with E-state index in [9.17, 15) is 4.79 Å². The lowest BCUT2D eigenvalue weighted by Gasteiger charge is -2.04. The fourth-order valence-electron chi connectivity index (χ4n) is 0.785. The lowest BCUT2D eigenvalue weighted by molar-refractivity contribution is -0.138. The minimum absolute atomic E-state index is 0.528. The third kappa shape index (κ3) is 2.17. The molecule has 4 heteroatoms. The molecule has 0 saturated carbocycles. The van der Waals surface area contributed by atoms with Crippen molar-refractivity contribution in [1.29, 1.82) is 0 Å². The Balaban J connectivity index is 2.95. The van der Waals surface area contributed by atoms with Gasteiger partial charge in [-0.2, -0.15) is 0 Å². The number of rotatable bonds is 2. The topological polar surface area (TPSA) is 50.2 Å². The summed E-state index contributed by atoms with van der Waals surface area (Å²) in [5.41, 5.74) is 0.606. The van der Waals surface area contributed by atoms with E-state index >= 15 is 0 Å². The first-order valence-electron chi connectivity index (χ1n) is 3.45. The largest absolute Gasteiger partial charge is 0.481 e. The molecule has 0 aliphatic heterocycles. The van der Waals surface area contributed by atoms with E-state index in [1.807, 2.05) is 6.07 Å². The van der Waals surface area contributed by atoms with Crippen LogP contribution in [-0.4, -0.2) is 16.1 Å². The fourth-order valence-corrected chi connectivity index (χ4v) is 1.26. The number of aromatic nitrogens is 1. The van der Waals surface area contributed by atoms with Crippen molar-refractivity contribution in [2.75, 3.05) is 0 Å². The van der Waals surface area contributed by atoms with Gasteiger partial charge in [0.05, 0.1) is 11.6 Å². The Kier molecular flexibility index (Phi) is 3.02. The third-order valence-corrected chi connectivity index (χ3v) is 2.23. The average Bonchev–Trinajstić information content (AvgIpc) is 2.03. The zero-order valence-corrected chi connectivity index (χ0v) is 8.65. The van der Waals surface area contributed by atoms with Crippen molar-refractivity contribution in [2.45, 2.75) is 12.8 Å². The van der Waals surface area contributed by atoms with Gasteiger partial charge in [0, 0.05) is 9.77 Å². The van der Waals surface area contributed by atoms with Gasteiger partial charge in [-0.3, -0.25) is 9.78 Å². The van der Waals surface area contributed by atoms with Crippen molar-refractivity contribution in [1.82, 2.24) is 4.98 Å². The number of aliphatic carboxylic acids is 1. The first-order chi connectivity index (χ1) is 5.61. The molecule has 1 rings (SSSR count). The summed E-state index contributed by atoms with van der Waals surface area (Å²) in [5.74, 6) is -1.37. The average molecular weight is 277 g/mol. The SMILES string of the molecule is CC(C(=O)O)c1cc(I)ccn1. The Morgan fingerprint density at radius 3 is 2.92 bits per heavy atom.